The molecule has 0 aliphatic rings. The third-order valence-corrected chi connectivity index (χ3v) is 8.65. The number of hydrogen-bond donors (Lipinski definition) is 0. The topological polar surface area (TPSA) is 3.24 Å². The molecule has 0 radical (unpaired) electrons. The van der Waals surface area contributed by atoms with Crippen molar-refractivity contribution < 1.29 is 0 Å². The zero-order valence-corrected chi connectivity index (χ0v) is 24.8. The average molecular weight is 574 g/mol. The second-order valence-corrected chi connectivity index (χ2v) is 11.4. The maximum absolute atomic E-state index is 2.35. The lowest BCUT2D eigenvalue weighted by Crippen LogP contribution is -2.10. The summed E-state index contributed by atoms with van der Waals surface area (Å²) in [6.07, 6.45) is 0. The SMILES string of the molecule is c1ccc(-c2ccc(N(c3ccc(-c4cccc5ccccc45)cc3)c3cccc(-c4ccc5ccccc5c4)c3)cc2)cc1. The highest BCUT2D eigenvalue weighted by Gasteiger charge is 2.15. The first-order valence-corrected chi connectivity index (χ1v) is 15.4. The van der Waals surface area contributed by atoms with E-state index in [0.29, 0.717) is 0 Å². The van der Waals surface area contributed by atoms with Gasteiger partial charge >= 0.3 is 0 Å². The van der Waals surface area contributed by atoms with Crippen molar-refractivity contribution in [2.75, 3.05) is 4.90 Å². The fraction of sp³-hybridized carbons (Fsp3) is 0. The standard InChI is InChI=1S/C44H31N/c1-2-10-32(11-3-1)34-22-26-40(27-23-34)45(41-28-24-36(25-29-41)44-19-9-15-35-13-6-7-18-43(35)44)42-17-8-16-38(31-42)39-21-20-33-12-4-5-14-37(33)30-39/h1-31H. The molecule has 0 aromatic heterocycles. The number of fused-ring (bicyclic) bond motifs is 2. The number of hydrogen-bond acceptors (Lipinski definition) is 1. The molecular formula is C44H31N. The first kappa shape index (κ1) is 26.7. The fourth-order valence-electron chi connectivity index (χ4n) is 6.34. The molecule has 0 atom stereocenters. The van der Waals surface area contributed by atoms with Crippen LogP contribution in [0.3, 0.4) is 0 Å². The molecule has 0 heterocycles. The van der Waals surface area contributed by atoms with Gasteiger partial charge in [-0.15, -0.1) is 0 Å². The molecule has 8 aromatic carbocycles. The first-order chi connectivity index (χ1) is 22.3. The van der Waals surface area contributed by atoms with Crippen molar-refractivity contribution in [3.8, 4) is 33.4 Å². The van der Waals surface area contributed by atoms with Crippen LogP contribution in [0.4, 0.5) is 17.1 Å². The monoisotopic (exact) mass is 573 g/mol. The molecule has 0 aliphatic heterocycles. The summed E-state index contributed by atoms with van der Waals surface area (Å²) in [5, 5.41) is 5.02. The predicted molar refractivity (Wildman–Crippen MR) is 192 cm³/mol. The van der Waals surface area contributed by atoms with Gasteiger partial charge in [-0.2, -0.15) is 0 Å². The van der Waals surface area contributed by atoms with E-state index in [2.05, 4.69) is 193 Å². The van der Waals surface area contributed by atoms with Gasteiger partial charge in [0.25, 0.3) is 0 Å². The van der Waals surface area contributed by atoms with Crippen LogP contribution in [0.5, 0.6) is 0 Å². The molecule has 212 valence electrons. The Balaban J connectivity index is 1.22. The van der Waals surface area contributed by atoms with Gasteiger partial charge in [-0.3, -0.25) is 0 Å². The number of rotatable bonds is 6. The summed E-state index contributed by atoms with van der Waals surface area (Å²) in [5.41, 5.74) is 10.6. The van der Waals surface area contributed by atoms with E-state index in [9.17, 15) is 0 Å². The Morgan fingerprint density at radius 1 is 0.267 bits per heavy atom. The summed E-state index contributed by atoms with van der Waals surface area (Å²) < 4.78 is 0. The molecule has 0 N–H and O–H groups in total. The summed E-state index contributed by atoms with van der Waals surface area (Å²) in [6, 6.07) is 67.7. The van der Waals surface area contributed by atoms with Crippen molar-refractivity contribution in [3.05, 3.63) is 188 Å². The highest BCUT2D eigenvalue weighted by Crippen LogP contribution is 2.39. The van der Waals surface area contributed by atoms with Crippen LogP contribution in [0.2, 0.25) is 0 Å². The molecular weight excluding hydrogens is 542 g/mol. The van der Waals surface area contributed by atoms with Crippen LogP contribution in [0.15, 0.2) is 188 Å². The highest BCUT2D eigenvalue weighted by atomic mass is 15.1. The zero-order chi connectivity index (χ0) is 30.0. The highest BCUT2D eigenvalue weighted by molar-refractivity contribution is 5.97. The van der Waals surface area contributed by atoms with E-state index in [1.165, 1.54) is 54.9 Å². The Hall–Kier alpha value is -5.92. The molecule has 0 saturated carbocycles. The Bertz CT molecular complexity index is 2240. The van der Waals surface area contributed by atoms with Crippen molar-refractivity contribution in [3.63, 3.8) is 0 Å². The third kappa shape index (κ3) is 5.26. The quantitative estimate of drug-likeness (QED) is 0.191. The summed E-state index contributed by atoms with van der Waals surface area (Å²) in [4.78, 5) is 2.35. The summed E-state index contributed by atoms with van der Waals surface area (Å²) in [5.74, 6) is 0. The Labute approximate surface area is 264 Å². The largest absolute Gasteiger partial charge is 0.310 e. The number of benzene rings is 8. The van der Waals surface area contributed by atoms with E-state index in [1.807, 2.05) is 0 Å². The van der Waals surface area contributed by atoms with Crippen molar-refractivity contribution >= 4 is 38.6 Å². The molecule has 0 saturated heterocycles. The van der Waals surface area contributed by atoms with Gasteiger partial charge in [0.05, 0.1) is 0 Å². The lowest BCUT2D eigenvalue weighted by Gasteiger charge is -2.26. The van der Waals surface area contributed by atoms with E-state index < -0.39 is 0 Å². The van der Waals surface area contributed by atoms with Crippen molar-refractivity contribution in [1.82, 2.24) is 0 Å². The lowest BCUT2D eigenvalue weighted by molar-refractivity contribution is 1.28. The van der Waals surface area contributed by atoms with E-state index in [0.717, 1.165) is 17.1 Å². The van der Waals surface area contributed by atoms with Gasteiger partial charge in [-0.1, -0.05) is 146 Å². The van der Waals surface area contributed by atoms with Crippen molar-refractivity contribution in [2.24, 2.45) is 0 Å². The Morgan fingerprint density at radius 3 is 1.58 bits per heavy atom. The van der Waals surface area contributed by atoms with Crippen LogP contribution in [-0.4, -0.2) is 0 Å². The molecule has 1 heteroatoms. The minimum Gasteiger partial charge on any atom is -0.310 e. The van der Waals surface area contributed by atoms with Gasteiger partial charge in [0.2, 0.25) is 0 Å². The molecule has 0 fully saturated rings. The van der Waals surface area contributed by atoms with Gasteiger partial charge in [-0.05, 0) is 97.4 Å². The van der Waals surface area contributed by atoms with Gasteiger partial charge < -0.3 is 4.90 Å². The molecule has 8 rings (SSSR count). The van der Waals surface area contributed by atoms with Crippen LogP contribution in [0, 0.1) is 0 Å². The van der Waals surface area contributed by atoms with Crippen molar-refractivity contribution in [1.29, 1.82) is 0 Å². The second kappa shape index (κ2) is 11.6. The first-order valence-electron chi connectivity index (χ1n) is 15.4. The molecule has 0 unspecified atom stereocenters. The van der Waals surface area contributed by atoms with Gasteiger partial charge in [0, 0.05) is 17.1 Å². The maximum Gasteiger partial charge on any atom is 0.0467 e. The van der Waals surface area contributed by atoms with Crippen LogP contribution in [0.1, 0.15) is 0 Å². The smallest absolute Gasteiger partial charge is 0.0467 e. The summed E-state index contributed by atoms with van der Waals surface area (Å²) >= 11 is 0. The third-order valence-electron chi connectivity index (χ3n) is 8.65. The van der Waals surface area contributed by atoms with E-state index >= 15 is 0 Å². The van der Waals surface area contributed by atoms with Crippen LogP contribution < -0.4 is 4.90 Å². The summed E-state index contributed by atoms with van der Waals surface area (Å²) in [7, 11) is 0. The van der Waals surface area contributed by atoms with Crippen LogP contribution in [-0.2, 0) is 0 Å². The van der Waals surface area contributed by atoms with Gasteiger partial charge in [0.1, 0.15) is 0 Å². The zero-order valence-electron chi connectivity index (χ0n) is 24.8. The fourth-order valence-corrected chi connectivity index (χ4v) is 6.34. The van der Waals surface area contributed by atoms with Crippen LogP contribution in [0.25, 0.3) is 54.9 Å². The molecule has 0 spiro atoms. The number of nitrogens with zero attached hydrogens (tertiary/aromatic N) is 1. The minimum atomic E-state index is 1.11. The normalized spacial score (nSPS) is 11.1. The van der Waals surface area contributed by atoms with Crippen LogP contribution >= 0.6 is 0 Å². The maximum atomic E-state index is 2.35. The predicted octanol–water partition coefficient (Wildman–Crippen LogP) is 12.5. The average Bonchev–Trinajstić information content (AvgIpc) is 3.12. The second-order valence-electron chi connectivity index (χ2n) is 11.4. The van der Waals surface area contributed by atoms with Crippen molar-refractivity contribution in [2.45, 2.75) is 0 Å². The molecule has 1 nitrogen and oxygen atoms in total. The minimum absolute atomic E-state index is 1.11. The molecule has 45 heavy (non-hydrogen) atoms. The molecule has 8 aromatic rings. The van der Waals surface area contributed by atoms with E-state index in [-0.39, 0.29) is 0 Å². The summed E-state index contributed by atoms with van der Waals surface area (Å²) in [6.45, 7) is 0. The Kier molecular flexibility index (Phi) is 6.90. The van der Waals surface area contributed by atoms with E-state index in [1.54, 1.807) is 0 Å². The van der Waals surface area contributed by atoms with Gasteiger partial charge in [0.15, 0.2) is 0 Å². The van der Waals surface area contributed by atoms with E-state index in [4.69, 9.17) is 0 Å². The number of anilines is 3. The lowest BCUT2D eigenvalue weighted by atomic mass is 9.98. The molecule has 0 amide bonds. The van der Waals surface area contributed by atoms with Gasteiger partial charge in [-0.25, -0.2) is 0 Å². The molecule has 0 bridgehead atoms. The Morgan fingerprint density at radius 2 is 0.800 bits per heavy atom. The molecule has 0 aliphatic carbocycles.